The number of halogens is 2. The lowest BCUT2D eigenvalue weighted by Crippen LogP contribution is -2.27. The Morgan fingerprint density at radius 2 is 2.22 bits per heavy atom. The summed E-state index contributed by atoms with van der Waals surface area (Å²) in [5.74, 6) is 0.447. The first-order chi connectivity index (χ1) is 8.69. The lowest BCUT2D eigenvalue weighted by Gasteiger charge is -2.13. The summed E-state index contributed by atoms with van der Waals surface area (Å²) in [4.78, 5) is 0. The average Bonchev–Trinajstić information content (AvgIpc) is 2.78. The molecule has 2 atom stereocenters. The number of hydrogen-bond donors (Lipinski definition) is 1. The molecule has 0 amide bonds. The van der Waals surface area contributed by atoms with Crippen molar-refractivity contribution in [1.29, 1.82) is 0 Å². The van der Waals surface area contributed by atoms with Crippen LogP contribution in [0.2, 0.25) is 5.02 Å². The van der Waals surface area contributed by atoms with Crippen molar-refractivity contribution >= 4 is 11.6 Å². The number of nitrogens with one attached hydrogen (secondary N) is 1. The first-order valence-electron chi connectivity index (χ1n) is 6.86. The van der Waals surface area contributed by atoms with Gasteiger partial charge in [0.15, 0.2) is 0 Å². The SMILES string of the molecule is CCCNC1CCC(Cc2ccc(Cl)cc2F)C1. The first kappa shape index (κ1) is 13.8. The molecule has 1 fully saturated rings. The van der Waals surface area contributed by atoms with Gasteiger partial charge in [-0.05, 0) is 62.3 Å². The highest BCUT2D eigenvalue weighted by molar-refractivity contribution is 6.30. The zero-order valence-corrected chi connectivity index (χ0v) is 11.6. The second-order valence-electron chi connectivity index (χ2n) is 5.27. The molecule has 3 heteroatoms. The highest BCUT2D eigenvalue weighted by Gasteiger charge is 2.24. The molecule has 1 nitrogen and oxygen atoms in total. The molecule has 0 radical (unpaired) electrons. The van der Waals surface area contributed by atoms with Crippen LogP contribution in [-0.4, -0.2) is 12.6 Å². The highest BCUT2D eigenvalue weighted by Crippen LogP contribution is 2.29. The summed E-state index contributed by atoms with van der Waals surface area (Å²) >= 11 is 5.76. The van der Waals surface area contributed by atoms with E-state index in [-0.39, 0.29) is 5.82 Å². The molecule has 1 N–H and O–H groups in total. The maximum absolute atomic E-state index is 13.7. The van der Waals surface area contributed by atoms with Gasteiger partial charge >= 0.3 is 0 Å². The fourth-order valence-corrected chi connectivity index (χ4v) is 2.95. The maximum atomic E-state index is 13.7. The van der Waals surface area contributed by atoms with Crippen LogP contribution in [0.1, 0.15) is 38.2 Å². The predicted octanol–water partition coefficient (Wildman–Crippen LogP) is 4.19. The second kappa shape index (κ2) is 6.53. The fraction of sp³-hybridized carbons (Fsp3) is 0.600. The van der Waals surface area contributed by atoms with Crippen LogP contribution in [0.25, 0.3) is 0 Å². The molecule has 2 unspecified atom stereocenters. The monoisotopic (exact) mass is 269 g/mol. The van der Waals surface area contributed by atoms with E-state index in [9.17, 15) is 4.39 Å². The van der Waals surface area contributed by atoms with Crippen LogP contribution in [0, 0.1) is 11.7 Å². The lowest BCUT2D eigenvalue weighted by molar-refractivity contribution is 0.477. The molecule has 1 aliphatic carbocycles. The zero-order valence-electron chi connectivity index (χ0n) is 10.9. The van der Waals surface area contributed by atoms with Gasteiger partial charge in [-0.1, -0.05) is 24.6 Å². The van der Waals surface area contributed by atoms with Gasteiger partial charge in [-0.3, -0.25) is 0 Å². The third-order valence-electron chi connectivity index (χ3n) is 3.75. The molecule has 0 heterocycles. The van der Waals surface area contributed by atoms with Crippen molar-refractivity contribution in [3.63, 3.8) is 0 Å². The van der Waals surface area contributed by atoms with Gasteiger partial charge in [0.05, 0.1) is 0 Å². The van der Waals surface area contributed by atoms with Crippen LogP contribution in [0.3, 0.4) is 0 Å². The standard InChI is InChI=1S/C15H21ClFN/c1-2-7-18-14-6-3-11(9-14)8-12-4-5-13(16)10-15(12)17/h4-5,10-11,14,18H,2-3,6-9H2,1H3. The minimum Gasteiger partial charge on any atom is -0.314 e. The van der Waals surface area contributed by atoms with Crippen molar-refractivity contribution in [2.75, 3.05) is 6.54 Å². The molecule has 1 aromatic rings. The van der Waals surface area contributed by atoms with E-state index in [1.165, 1.54) is 31.7 Å². The van der Waals surface area contributed by atoms with Crippen molar-refractivity contribution in [1.82, 2.24) is 5.32 Å². The maximum Gasteiger partial charge on any atom is 0.127 e. The fourth-order valence-electron chi connectivity index (χ4n) is 2.79. The van der Waals surface area contributed by atoms with Crippen LogP contribution >= 0.6 is 11.6 Å². The Bertz CT molecular complexity index is 394. The molecule has 1 saturated carbocycles. The van der Waals surface area contributed by atoms with E-state index in [0.29, 0.717) is 17.0 Å². The molecule has 1 aliphatic rings. The normalized spacial score (nSPS) is 23.5. The topological polar surface area (TPSA) is 12.0 Å². The van der Waals surface area contributed by atoms with Crippen molar-refractivity contribution in [2.45, 2.75) is 45.1 Å². The molecule has 2 rings (SSSR count). The average molecular weight is 270 g/mol. The highest BCUT2D eigenvalue weighted by atomic mass is 35.5. The summed E-state index contributed by atoms with van der Waals surface area (Å²) in [6.45, 7) is 3.27. The van der Waals surface area contributed by atoms with Crippen molar-refractivity contribution in [3.8, 4) is 0 Å². The Morgan fingerprint density at radius 1 is 1.39 bits per heavy atom. The number of hydrogen-bond acceptors (Lipinski definition) is 1. The summed E-state index contributed by atoms with van der Waals surface area (Å²) in [6.07, 6.45) is 5.60. The van der Waals surface area contributed by atoms with Crippen LogP contribution in [0.5, 0.6) is 0 Å². The molecule has 18 heavy (non-hydrogen) atoms. The van der Waals surface area contributed by atoms with Crippen LogP contribution in [-0.2, 0) is 6.42 Å². The van der Waals surface area contributed by atoms with Gasteiger partial charge in [0.25, 0.3) is 0 Å². The van der Waals surface area contributed by atoms with Gasteiger partial charge in [-0.2, -0.15) is 0 Å². The Labute approximate surface area is 114 Å². The molecule has 100 valence electrons. The van der Waals surface area contributed by atoms with Crippen molar-refractivity contribution < 1.29 is 4.39 Å². The Morgan fingerprint density at radius 3 is 2.94 bits per heavy atom. The van der Waals surface area contributed by atoms with E-state index >= 15 is 0 Å². The second-order valence-corrected chi connectivity index (χ2v) is 5.71. The van der Waals surface area contributed by atoms with Gasteiger partial charge in [-0.15, -0.1) is 0 Å². The molecular formula is C15H21ClFN. The van der Waals surface area contributed by atoms with Gasteiger partial charge in [0.1, 0.15) is 5.82 Å². The van der Waals surface area contributed by atoms with Gasteiger partial charge < -0.3 is 5.32 Å². The largest absolute Gasteiger partial charge is 0.314 e. The quantitative estimate of drug-likeness (QED) is 0.845. The molecule has 0 spiro atoms. The predicted molar refractivity (Wildman–Crippen MR) is 74.5 cm³/mol. The van der Waals surface area contributed by atoms with Gasteiger partial charge in [0, 0.05) is 11.1 Å². The Kier molecular flexibility index (Phi) is 5.02. The van der Waals surface area contributed by atoms with Crippen LogP contribution in [0.15, 0.2) is 18.2 Å². The molecule has 0 aromatic heterocycles. The van der Waals surface area contributed by atoms with E-state index in [2.05, 4.69) is 12.2 Å². The lowest BCUT2D eigenvalue weighted by atomic mass is 9.97. The number of benzene rings is 1. The summed E-state index contributed by atoms with van der Waals surface area (Å²) < 4.78 is 13.7. The minimum absolute atomic E-state index is 0.160. The molecular weight excluding hydrogens is 249 g/mol. The van der Waals surface area contributed by atoms with Crippen molar-refractivity contribution in [3.05, 3.63) is 34.6 Å². The van der Waals surface area contributed by atoms with Gasteiger partial charge in [-0.25, -0.2) is 4.39 Å². The molecule has 1 aromatic carbocycles. The minimum atomic E-state index is -0.160. The summed E-state index contributed by atoms with van der Waals surface area (Å²) in [5.41, 5.74) is 0.806. The molecule has 0 saturated heterocycles. The van der Waals surface area contributed by atoms with Crippen LogP contribution < -0.4 is 5.32 Å². The third kappa shape index (κ3) is 3.69. The van der Waals surface area contributed by atoms with E-state index in [0.717, 1.165) is 18.5 Å². The summed E-state index contributed by atoms with van der Waals surface area (Å²) in [7, 11) is 0. The van der Waals surface area contributed by atoms with E-state index < -0.39 is 0 Å². The zero-order chi connectivity index (χ0) is 13.0. The first-order valence-corrected chi connectivity index (χ1v) is 7.24. The third-order valence-corrected chi connectivity index (χ3v) is 3.98. The van der Waals surface area contributed by atoms with Crippen LogP contribution in [0.4, 0.5) is 4.39 Å². The van der Waals surface area contributed by atoms with E-state index in [4.69, 9.17) is 11.6 Å². The van der Waals surface area contributed by atoms with E-state index in [1.54, 1.807) is 6.07 Å². The molecule has 0 aliphatic heterocycles. The number of rotatable bonds is 5. The summed E-state index contributed by atoms with van der Waals surface area (Å²) in [6, 6.07) is 5.65. The Balaban J connectivity index is 1.87. The smallest absolute Gasteiger partial charge is 0.127 e. The summed E-state index contributed by atoms with van der Waals surface area (Å²) in [5, 5.41) is 4.03. The van der Waals surface area contributed by atoms with Gasteiger partial charge in [0.2, 0.25) is 0 Å². The molecule has 0 bridgehead atoms. The Hall–Kier alpha value is -0.600. The van der Waals surface area contributed by atoms with Crippen molar-refractivity contribution in [2.24, 2.45) is 5.92 Å². The van der Waals surface area contributed by atoms with E-state index in [1.807, 2.05) is 6.07 Å².